The molecule has 0 unspecified atom stereocenters. The van der Waals surface area contributed by atoms with Crippen molar-refractivity contribution in [1.29, 1.82) is 0 Å². The molecule has 0 atom stereocenters. The first-order valence-electron chi connectivity index (χ1n) is 4.75. The molecule has 0 aliphatic rings. The number of nitrogens with zero attached hydrogens (tertiary/aromatic N) is 2. The molecule has 78 valence electrons. The molecule has 0 N–H and O–H groups in total. The minimum Gasteiger partial charge on any atom is -0.254 e. The molecule has 4 heteroatoms. The quantitative estimate of drug-likeness (QED) is 0.429. The summed E-state index contributed by atoms with van der Waals surface area (Å²) in [5.41, 5.74) is 1.91. The first kappa shape index (κ1) is 10.4. The van der Waals surface area contributed by atoms with E-state index in [0.29, 0.717) is 0 Å². The second-order valence-electron chi connectivity index (χ2n) is 3.43. The van der Waals surface area contributed by atoms with E-state index < -0.39 is 0 Å². The van der Waals surface area contributed by atoms with Gasteiger partial charge in [0.2, 0.25) is 0 Å². The molecule has 1 aromatic carbocycles. The van der Waals surface area contributed by atoms with Crippen molar-refractivity contribution < 1.29 is 0 Å². The summed E-state index contributed by atoms with van der Waals surface area (Å²) < 4.78 is 2.28. The van der Waals surface area contributed by atoms with Crippen molar-refractivity contribution in [2.75, 3.05) is 0 Å². The third kappa shape index (κ3) is 1.43. The second-order valence-corrected chi connectivity index (χ2v) is 5.30. The highest BCUT2D eigenvalue weighted by Gasteiger charge is 2.11. The van der Waals surface area contributed by atoms with Crippen LogP contribution in [0.15, 0.2) is 41.1 Å². The average molecular weight is 385 g/mol. The fraction of sp³-hybridized carbons (Fsp3) is 0. The first-order chi connectivity index (χ1) is 7.79. The molecule has 0 radical (unpaired) electrons. The van der Waals surface area contributed by atoms with Crippen LogP contribution < -0.4 is 0 Å². The zero-order valence-electron chi connectivity index (χ0n) is 8.11. The Labute approximate surface area is 114 Å². The lowest BCUT2D eigenvalue weighted by Crippen LogP contribution is -1.89. The third-order valence-electron chi connectivity index (χ3n) is 2.51. The Morgan fingerprint density at radius 2 is 1.50 bits per heavy atom. The summed E-state index contributed by atoms with van der Waals surface area (Å²) in [5.74, 6) is 0. The summed E-state index contributed by atoms with van der Waals surface area (Å²) in [6, 6.07) is 8.02. The number of benzene rings is 1. The molecule has 16 heavy (non-hydrogen) atoms. The van der Waals surface area contributed by atoms with Crippen LogP contribution in [-0.2, 0) is 0 Å². The van der Waals surface area contributed by atoms with Crippen LogP contribution in [0.3, 0.4) is 0 Å². The van der Waals surface area contributed by atoms with E-state index in [0.717, 1.165) is 26.3 Å². The zero-order chi connectivity index (χ0) is 11.1. The van der Waals surface area contributed by atoms with E-state index in [1.807, 2.05) is 12.1 Å². The van der Waals surface area contributed by atoms with Crippen molar-refractivity contribution in [3.05, 3.63) is 44.7 Å². The standard InChI is InChI=1S/C12H6BrIN2/c13-9-7-3-1-5-15-11(7)12-8(10(9)14)4-2-6-16-12/h1-6H. The Balaban J connectivity index is 2.69. The van der Waals surface area contributed by atoms with Gasteiger partial charge in [0.25, 0.3) is 0 Å². The largest absolute Gasteiger partial charge is 0.254 e. The minimum atomic E-state index is 0.949. The number of pyridine rings is 2. The number of aromatic nitrogens is 2. The Morgan fingerprint density at radius 3 is 2.19 bits per heavy atom. The Hall–Kier alpha value is -0.750. The number of hydrogen-bond acceptors (Lipinski definition) is 2. The maximum Gasteiger partial charge on any atom is 0.0976 e. The van der Waals surface area contributed by atoms with Crippen LogP contribution in [0.1, 0.15) is 0 Å². The Bertz CT molecular complexity index is 636. The van der Waals surface area contributed by atoms with Gasteiger partial charge >= 0.3 is 0 Å². The van der Waals surface area contributed by atoms with Crippen LogP contribution in [0.5, 0.6) is 0 Å². The summed E-state index contributed by atoms with van der Waals surface area (Å²) >= 11 is 5.96. The van der Waals surface area contributed by atoms with Gasteiger partial charge in [-0.3, -0.25) is 9.97 Å². The number of fused-ring (bicyclic) bond motifs is 3. The molecule has 3 aromatic rings. The topological polar surface area (TPSA) is 25.8 Å². The fourth-order valence-electron chi connectivity index (χ4n) is 1.78. The van der Waals surface area contributed by atoms with Crippen LogP contribution in [0.2, 0.25) is 0 Å². The molecule has 0 amide bonds. The normalized spacial score (nSPS) is 11.1. The van der Waals surface area contributed by atoms with Crippen molar-refractivity contribution in [2.24, 2.45) is 0 Å². The van der Waals surface area contributed by atoms with E-state index in [2.05, 4.69) is 60.6 Å². The number of rotatable bonds is 0. The van der Waals surface area contributed by atoms with Gasteiger partial charge in [0.15, 0.2) is 0 Å². The van der Waals surface area contributed by atoms with Gasteiger partial charge in [-0.15, -0.1) is 0 Å². The predicted octanol–water partition coefficient (Wildman–Crippen LogP) is 4.15. The van der Waals surface area contributed by atoms with Crippen LogP contribution in [0, 0.1) is 3.57 Å². The van der Waals surface area contributed by atoms with E-state index in [1.54, 1.807) is 12.4 Å². The van der Waals surface area contributed by atoms with Crippen LogP contribution in [-0.4, -0.2) is 9.97 Å². The summed E-state index contributed by atoms with van der Waals surface area (Å²) in [5, 5.41) is 2.25. The average Bonchev–Trinajstić information content (AvgIpc) is 2.36. The number of hydrogen-bond donors (Lipinski definition) is 0. The predicted molar refractivity (Wildman–Crippen MR) is 77.5 cm³/mol. The van der Waals surface area contributed by atoms with E-state index in [-0.39, 0.29) is 0 Å². The lowest BCUT2D eigenvalue weighted by atomic mass is 10.1. The highest BCUT2D eigenvalue weighted by Crippen LogP contribution is 2.34. The summed E-state index contributed by atoms with van der Waals surface area (Å²) in [4.78, 5) is 8.84. The summed E-state index contributed by atoms with van der Waals surface area (Å²) in [7, 11) is 0. The molecular weight excluding hydrogens is 379 g/mol. The monoisotopic (exact) mass is 384 g/mol. The summed E-state index contributed by atoms with van der Waals surface area (Å²) in [6.07, 6.45) is 3.61. The molecule has 0 saturated carbocycles. The smallest absolute Gasteiger partial charge is 0.0976 e. The molecule has 0 saturated heterocycles. The van der Waals surface area contributed by atoms with Gasteiger partial charge in [-0.1, -0.05) is 12.1 Å². The van der Waals surface area contributed by atoms with E-state index in [4.69, 9.17) is 0 Å². The van der Waals surface area contributed by atoms with E-state index in [1.165, 1.54) is 3.57 Å². The molecule has 2 nitrogen and oxygen atoms in total. The van der Waals surface area contributed by atoms with Gasteiger partial charge < -0.3 is 0 Å². The van der Waals surface area contributed by atoms with Crippen LogP contribution >= 0.6 is 38.5 Å². The van der Waals surface area contributed by atoms with Gasteiger partial charge in [-0.2, -0.15) is 0 Å². The Morgan fingerprint density at radius 1 is 0.938 bits per heavy atom. The molecule has 0 fully saturated rings. The minimum absolute atomic E-state index is 0.949. The van der Waals surface area contributed by atoms with Crippen molar-refractivity contribution in [2.45, 2.75) is 0 Å². The van der Waals surface area contributed by atoms with Gasteiger partial charge in [0.05, 0.1) is 11.0 Å². The Kier molecular flexibility index (Phi) is 2.55. The lowest BCUT2D eigenvalue weighted by molar-refractivity contribution is 1.37. The first-order valence-corrected chi connectivity index (χ1v) is 6.62. The number of halogens is 2. The molecule has 3 rings (SSSR count). The van der Waals surface area contributed by atoms with Gasteiger partial charge in [0, 0.05) is 31.2 Å². The zero-order valence-corrected chi connectivity index (χ0v) is 11.9. The second kappa shape index (κ2) is 3.92. The molecule has 0 spiro atoms. The van der Waals surface area contributed by atoms with Crippen LogP contribution in [0.25, 0.3) is 21.8 Å². The van der Waals surface area contributed by atoms with E-state index in [9.17, 15) is 0 Å². The lowest BCUT2D eigenvalue weighted by Gasteiger charge is -2.07. The maximum absolute atomic E-state index is 4.42. The molecule has 2 heterocycles. The maximum atomic E-state index is 4.42. The molecule has 0 aliphatic carbocycles. The highest BCUT2D eigenvalue weighted by molar-refractivity contribution is 14.1. The van der Waals surface area contributed by atoms with E-state index >= 15 is 0 Å². The van der Waals surface area contributed by atoms with Gasteiger partial charge in [-0.05, 0) is 50.7 Å². The van der Waals surface area contributed by atoms with Crippen molar-refractivity contribution in [3.8, 4) is 0 Å². The molecular formula is C12H6BrIN2. The van der Waals surface area contributed by atoms with Crippen molar-refractivity contribution >= 4 is 60.3 Å². The van der Waals surface area contributed by atoms with Crippen LogP contribution in [0.4, 0.5) is 0 Å². The fourth-order valence-corrected chi connectivity index (χ4v) is 3.04. The highest BCUT2D eigenvalue weighted by atomic mass is 127. The SMILES string of the molecule is Brc1c(I)c2cccnc2c2ncccc12. The van der Waals surface area contributed by atoms with Crippen molar-refractivity contribution in [3.63, 3.8) is 0 Å². The van der Waals surface area contributed by atoms with Gasteiger partial charge in [-0.25, -0.2) is 0 Å². The third-order valence-corrected chi connectivity index (χ3v) is 5.19. The van der Waals surface area contributed by atoms with Gasteiger partial charge in [0.1, 0.15) is 0 Å². The van der Waals surface area contributed by atoms with Crippen molar-refractivity contribution in [1.82, 2.24) is 9.97 Å². The molecule has 2 aromatic heterocycles. The summed E-state index contributed by atoms with van der Waals surface area (Å²) in [6.45, 7) is 0. The molecule has 0 bridgehead atoms. The molecule has 0 aliphatic heterocycles.